The number of benzene rings is 1. The number of aromatic hydroxyl groups is 1. The Kier molecular flexibility index (Phi) is 5.22. The number of aliphatic carboxylic acids is 1. The van der Waals surface area contributed by atoms with E-state index in [9.17, 15) is 24.6 Å². The van der Waals surface area contributed by atoms with Crippen LogP contribution in [0.2, 0.25) is 0 Å². The molecule has 0 bridgehead atoms. The SMILES string of the molecule is CC(=O)N(C(=O)CN)C(Cc1ccc(O)cc1)C(=O)O. The third-order valence-electron chi connectivity index (χ3n) is 2.74. The first-order valence-electron chi connectivity index (χ1n) is 5.90. The molecule has 0 aliphatic heterocycles. The van der Waals surface area contributed by atoms with Gasteiger partial charge in [-0.25, -0.2) is 4.79 Å². The van der Waals surface area contributed by atoms with Gasteiger partial charge in [0.2, 0.25) is 11.8 Å². The van der Waals surface area contributed by atoms with Gasteiger partial charge in [-0.1, -0.05) is 12.1 Å². The Labute approximate surface area is 115 Å². The van der Waals surface area contributed by atoms with Crippen LogP contribution in [0.15, 0.2) is 24.3 Å². The van der Waals surface area contributed by atoms with E-state index in [-0.39, 0.29) is 12.2 Å². The fourth-order valence-corrected chi connectivity index (χ4v) is 1.81. The lowest BCUT2D eigenvalue weighted by Gasteiger charge is -2.25. The lowest BCUT2D eigenvalue weighted by atomic mass is 10.0. The first kappa shape index (κ1) is 15.6. The standard InChI is InChI=1S/C13H16N2O5/c1-8(16)15(12(18)7-14)11(13(19)20)6-9-2-4-10(17)5-3-9/h2-5,11,17H,6-7,14H2,1H3,(H,19,20). The number of phenols is 1. The van der Waals surface area contributed by atoms with Gasteiger partial charge < -0.3 is 15.9 Å². The lowest BCUT2D eigenvalue weighted by molar-refractivity contribution is -0.156. The Hall–Kier alpha value is -2.41. The molecule has 0 aliphatic carbocycles. The summed E-state index contributed by atoms with van der Waals surface area (Å²) in [6, 6.07) is 4.52. The molecule has 1 atom stereocenters. The Balaban J connectivity index is 3.03. The van der Waals surface area contributed by atoms with Crippen LogP contribution >= 0.6 is 0 Å². The van der Waals surface area contributed by atoms with E-state index < -0.39 is 30.4 Å². The van der Waals surface area contributed by atoms with Crippen LogP contribution in [0.1, 0.15) is 12.5 Å². The van der Waals surface area contributed by atoms with Crippen LogP contribution in [0.3, 0.4) is 0 Å². The van der Waals surface area contributed by atoms with E-state index in [0.717, 1.165) is 6.92 Å². The molecule has 0 spiro atoms. The Bertz CT molecular complexity index is 512. The number of rotatable bonds is 5. The molecule has 0 aliphatic rings. The van der Waals surface area contributed by atoms with E-state index in [4.69, 9.17) is 5.73 Å². The average Bonchev–Trinajstić information content (AvgIpc) is 2.39. The van der Waals surface area contributed by atoms with E-state index in [1.807, 2.05) is 0 Å². The zero-order valence-electron chi connectivity index (χ0n) is 10.9. The second-order valence-electron chi connectivity index (χ2n) is 4.21. The molecule has 0 radical (unpaired) electrons. The topological polar surface area (TPSA) is 121 Å². The van der Waals surface area contributed by atoms with Crippen LogP contribution in [-0.2, 0) is 20.8 Å². The highest BCUT2D eigenvalue weighted by atomic mass is 16.4. The van der Waals surface area contributed by atoms with Crippen molar-refractivity contribution in [2.45, 2.75) is 19.4 Å². The molecular weight excluding hydrogens is 264 g/mol. The molecule has 0 aromatic heterocycles. The summed E-state index contributed by atoms with van der Waals surface area (Å²) in [6.07, 6.45) is -0.0546. The highest BCUT2D eigenvalue weighted by Crippen LogP contribution is 2.14. The zero-order valence-corrected chi connectivity index (χ0v) is 10.9. The molecule has 0 saturated heterocycles. The number of carboxylic acids is 1. The molecule has 108 valence electrons. The zero-order chi connectivity index (χ0) is 15.3. The van der Waals surface area contributed by atoms with Crippen LogP contribution in [0.4, 0.5) is 0 Å². The van der Waals surface area contributed by atoms with Gasteiger partial charge in [0.05, 0.1) is 6.54 Å². The normalized spacial score (nSPS) is 11.7. The summed E-state index contributed by atoms with van der Waals surface area (Å²) < 4.78 is 0. The van der Waals surface area contributed by atoms with Gasteiger partial charge in [-0.05, 0) is 17.7 Å². The van der Waals surface area contributed by atoms with Gasteiger partial charge in [-0.15, -0.1) is 0 Å². The van der Waals surface area contributed by atoms with Crippen molar-refractivity contribution >= 4 is 17.8 Å². The molecule has 1 rings (SSSR count). The van der Waals surface area contributed by atoms with E-state index >= 15 is 0 Å². The molecule has 0 heterocycles. The molecule has 0 saturated carbocycles. The fraction of sp³-hybridized carbons (Fsp3) is 0.308. The monoisotopic (exact) mass is 280 g/mol. The van der Waals surface area contributed by atoms with Crippen molar-refractivity contribution in [1.82, 2.24) is 4.90 Å². The molecule has 1 aromatic carbocycles. The molecule has 0 fully saturated rings. The minimum atomic E-state index is -1.33. The number of carboxylic acid groups (broad SMARTS) is 1. The van der Waals surface area contributed by atoms with Gasteiger partial charge >= 0.3 is 5.97 Å². The molecule has 2 amide bonds. The largest absolute Gasteiger partial charge is 0.508 e. The van der Waals surface area contributed by atoms with Crippen molar-refractivity contribution in [3.05, 3.63) is 29.8 Å². The third kappa shape index (κ3) is 3.79. The van der Waals surface area contributed by atoms with Crippen molar-refractivity contribution in [2.75, 3.05) is 6.54 Å². The van der Waals surface area contributed by atoms with Crippen LogP contribution in [0.25, 0.3) is 0 Å². The number of amides is 2. The second-order valence-corrected chi connectivity index (χ2v) is 4.21. The molecule has 7 nitrogen and oxygen atoms in total. The third-order valence-corrected chi connectivity index (χ3v) is 2.74. The molecule has 7 heteroatoms. The van der Waals surface area contributed by atoms with Crippen molar-refractivity contribution in [1.29, 1.82) is 0 Å². The quantitative estimate of drug-likeness (QED) is 0.682. The fourth-order valence-electron chi connectivity index (χ4n) is 1.81. The predicted octanol–water partition coefficient (Wildman–Crippen LogP) is -0.278. The second kappa shape index (κ2) is 6.67. The van der Waals surface area contributed by atoms with E-state index in [2.05, 4.69) is 0 Å². The Morgan fingerprint density at radius 1 is 1.25 bits per heavy atom. The van der Waals surface area contributed by atoms with Crippen molar-refractivity contribution in [2.24, 2.45) is 5.73 Å². The van der Waals surface area contributed by atoms with E-state index in [0.29, 0.717) is 10.5 Å². The average molecular weight is 280 g/mol. The van der Waals surface area contributed by atoms with Crippen molar-refractivity contribution in [3.8, 4) is 5.75 Å². The molecule has 4 N–H and O–H groups in total. The summed E-state index contributed by atoms with van der Waals surface area (Å²) in [6.45, 7) is 0.666. The predicted molar refractivity (Wildman–Crippen MR) is 69.8 cm³/mol. The van der Waals surface area contributed by atoms with Gasteiger partial charge in [-0.2, -0.15) is 0 Å². The van der Waals surface area contributed by atoms with E-state index in [1.54, 1.807) is 0 Å². The number of imide groups is 1. The number of carbonyl (C=O) groups is 3. The van der Waals surface area contributed by atoms with E-state index in [1.165, 1.54) is 24.3 Å². The number of hydrogen-bond acceptors (Lipinski definition) is 5. The summed E-state index contributed by atoms with van der Waals surface area (Å²) in [5.74, 6) is -2.67. The Morgan fingerprint density at radius 2 is 1.80 bits per heavy atom. The van der Waals surface area contributed by atoms with Gasteiger partial charge in [0.15, 0.2) is 0 Å². The van der Waals surface area contributed by atoms with Crippen LogP contribution in [-0.4, -0.2) is 45.5 Å². The summed E-state index contributed by atoms with van der Waals surface area (Å²) in [7, 11) is 0. The minimum absolute atomic E-state index is 0.0436. The first-order chi connectivity index (χ1) is 9.36. The summed E-state index contributed by atoms with van der Waals surface area (Å²) in [5.41, 5.74) is 5.77. The maximum atomic E-state index is 11.6. The lowest BCUT2D eigenvalue weighted by Crippen LogP contribution is -2.51. The highest BCUT2D eigenvalue weighted by Gasteiger charge is 2.32. The Morgan fingerprint density at radius 3 is 2.20 bits per heavy atom. The van der Waals surface area contributed by atoms with Crippen molar-refractivity contribution < 1.29 is 24.6 Å². The number of hydrogen-bond donors (Lipinski definition) is 3. The summed E-state index contributed by atoms with van der Waals surface area (Å²) in [4.78, 5) is 35.0. The number of nitrogens with two attached hydrogens (primary N) is 1. The first-order valence-corrected chi connectivity index (χ1v) is 5.90. The summed E-state index contributed by atoms with van der Waals surface area (Å²) >= 11 is 0. The van der Waals surface area contributed by atoms with Crippen LogP contribution in [0.5, 0.6) is 5.75 Å². The van der Waals surface area contributed by atoms with Gasteiger partial charge in [0, 0.05) is 13.3 Å². The summed E-state index contributed by atoms with van der Waals surface area (Å²) in [5, 5.41) is 18.4. The van der Waals surface area contributed by atoms with Crippen LogP contribution in [0, 0.1) is 0 Å². The van der Waals surface area contributed by atoms with Crippen LogP contribution < -0.4 is 5.73 Å². The van der Waals surface area contributed by atoms with Gasteiger partial charge in [0.25, 0.3) is 0 Å². The number of phenolic OH excluding ortho intramolecular Hbond substituents is 1. The maximum absolute atomic E-state index is 11.6. The number of carbonyl (C=O) groups excluding carboxylic acids is 2. The smallest absolute Gasteiger partial charge is 0.327 e. The highest BCUT2D eigenvalue weighted by molar-refractivity contribution is 5.99. The molecule has 1 unspecified atom stereocenters. The minimum Gasteiger partial charge on any atom is -0.508 e. The maximum Gasteiger partial charge on any atom is 0.327 e. The molecular formula is C13H16N2O5. The molecule has 1 aromatic rings. The van der Waals surface area contributed by atoms with Crippen molar-refractivity contribution in [3.63, 3.8) is 0 Å². The molecule has 20 heavy (non-hydrogen) atoms. The van der Waals surface area contributed by atoms with Gasteiger partial charge in [-0.3, -0.25) is 14.5 Å². The number of nitrogens with zero attached hydrogens (tertiary/aromatic N) is 1. The van der Waals surface area contributed by atoms with Gasteiger partial charge in [0.1, 0.15) is 11.8 Å².